The molecule has 2 bridgehead atoms. The van der Waals surface area contributed by atoms with Crippen molar-refractivity contribution in [3.63, 3.8) is 0 Å². The molecule has 37 heteroatoms. The number of nitrogens with two attached hydrogens (primary N) is 1. The number of benzene rings is 1. The van der Waals surface area contributed by atoms with Crippen LogP contribution in [0.5, 0.6) is 5.75 Å². The minimum Gasteiger partial charge on any atom is -0.496 e. The Morgan fingerprint density at radius 3 is 1.85 bits per heavy atom. The van der Waals surface area contributed by atoms with Crippen LogP contribution in [0.25, 0.3) is 10.9 Å². The number of carbonyl (C=O) groups excluding carboxylic acids is 12. The van der Waals surface area contributed by atoms with Gasteiger partial charge in [-0.1, -0.05) is 27.2 Å². The lowest BCUT2D eigenvalue weighted by molar-refractivity contribution is -0.144. The van der Waals surface area contributed by atoms with Gasteiger partial charge in [-0.25, -0.2) is 0 Å². The van der Waals surface area contributed by atoms with Crippen molar-refractivity contribution >= 4 is 104 Å². The number of aliphatic hydroxyl groups is 3. The van der Waals surface area contributed by atoms with Gasteiger partial charge in [0.15, 0.2) is 11.6 Å². The number of carbonyl (C=O) groups is 12. The highest BCUT2D eigenvalue weighted by Gasteiger charge is 2.45. The molecule has 11 atom stereocenters. The lowest BCUT2D eigenvalue weighted by Crippen LogP contribution is -2.60. The lowest BCUT2D eigenvalue weighted by atomic mass is 9.85. The monoisotopic (exact) mass is 1560 g/mol. The highest BCUT2D eigenvalue weighted by atomic mass is 32.2. The van der Waals surface area contributed by atoms with Gasteiger partial charge in [0.05, 0.1) is 192 Å². The highest BCUT2D eigenvalue weighted by Crippen LogP contribution is 2.39. The van der Waals surface area contributed by atoms with Gasteiger partial charge in [-0.05, 0) is 42.9 Å². The molecule has 2 fully saturated rings. The first-order chi connectivity index (χ1) is 51.9. The topological polar surface area (TPSA) is 477 Å². The molecule has 1 unspecified atom stereocenters. The third-order valence-corrected chi connectivity index (χ3v) is 22.2. The molecule has 11 N–H and O–H groups in total. The molecule has 2 saturated heterocycles. The van der Waals surface area contributed by atoms with E-state index < -0.39 is 188 Å². The molecular formula is C71H106N10O25S2. The molecule has 2 aromatic rings. The number of methoxy groups -OCH3 is 1. The first-order valence-electron chi connectivity index (χ1n) is 36.6. The first kappa shape index (κ1) is 87.8. The van der Waals surface area contributed by atoms with Crippen molar-refractivity contribution in [2.75, 3.05) is 164 Å². The van der Waals surface area contributed by atoms with Gasteiger partial charge in [0, 0.05) is 90.8 Å². The summed E-state index contributed by atoms with van der Waals surface area (Å²) in [6.45, 7) is 8.70. The number of nitrogens with zero attached hydrogens (tertiary/aromatic N) is 3. The Labute approximate surface area is 633 Å². The summed E-state index contributed by atoms with van der Waals surface area (Å²) in [6, 6.07) is -3.66. The minimum atomic E-state index is -2.43. The second-order valence-corrected chi connectivity index (χ2v) is 29.6. The fourth-order valence-corrected chi connectivity index (χ4v) is 15.6. The van der Waals surface area contributed by atoms with Crippen LogP contribution in [0.4, 0.5) is 0 Å². The summed E-state index contributed by atoms with van der Waals surface area (Å²) in [5.41, 5.74) is 6.77. The molecule has 602 valence electrons. The van der Waals surface area contributed by atoms with Crippen LogP contribution in [0.2, 0.25) is 0 Å². The van der Waals surface area contributed by atoms with Crippen LogP contribution in [0.3, 0.4) is 0 Å². The number of H-pyrrole nitrogens is 1. The Morgan fingerprint density at radius 1 is 0.713 bits per heavy atom. The number of aliphatic hydroxyl groups excluding tert-OH is 3. The Kier molecular flexibility index (Phi) is 37.1. The van der Waals surface area contributed by atoms with Crippen LogP contribution < -0.4 is 37.1 Å². The van der Waals surface area contributed by atoms with Crippen molar-refractivity contribution in [1.29, 1.82) is 0 Å². The van der Waals surface area contributed by atoms with E-state index in [4.69, 9.17) is 48.4 Å². The van der Waals surface area contributed by atoms with Gasteiger partial charge < -0.3 is 105 Å². The van der Waals surface area contributed by atoms with Crippen molar-refractivity contribution in [2.45, 2.75) is 131 Å². The maximum absolute atomic E-state index is 15.5. The number of ketones is 2. The number of piperidine rings is 1. The van der Waals surface area contributed by atoms with E-state index in [2.05, 4.69) is 31.6 Å². The number of hydrogen-bond donors (Lipinski definition) is 10. The van der Waals surface area contributed by atoms with E-state index in [9.17, 15) is 68.1 Å². The van der Waals surface area contributed by atoms with Gasteiger partial charge >= 0.3 is 0 Å². The number of thioether (sulfide) groups is 1. The number of rotatable bonds is 38. The number of nitrogens with one attached hydrogen (secondary N) is 6. The van der Waals surface area contributed by atoms with E-state index in [1.807, 2.05) is 0 Å². The quantitative estimate of drug-likeness (QED) is 0.0240. The van der Waals surface area contributed by atoms with Gasteiger partial charge in [-0.15, -0.1) is 0 Å². The van der Waals surface area contributed by atoms with E-state index in [0.29, 0.717) is 140 Å². The van der Waals surface area contributed by atoms with Crippen LogP contribution >= 0.6 is 11.8 Å². The fraction of sp³-hybridized carbons (Fsp3) is 0.690. The van der Waals surface area contributed by atoms with Gasteiger partial charge in [0.2, 0.25) is 47.3 Å². The minimum absolute atomic E-state index is 0.0343. The molecule has 5 aliphatic heterocycles. The lowest BCUT2D eigenvalue weighted by Gasteiger charge is -2.32. The molecule has 1 aromatic carbocycles. The second-order valence-electron chi connectivity index (χ2n) is 26.9. The summed E-state index contributed by atoms with van der Waals surface area (Å²) in [5, 5.41) is 45.2. The average molecular weight is 1560 g/mol. The molecule has 35 nitrogen and oxygen atoms in total. The molecule has 1 aromatic heterocycles. The summed E-state index contributed by atoms with van der Waals surface area (Å²) in [6.07, 6.45) is -1.55. The smallest absolute Gasteiger partial charge is 0.253 e. The zero-order chi connectivity index (χ0) is 78.2. The average Bonchev–Trinajstić information content (AvgIpc) is 1.61. The standard InChI is InChI=1S/C71H106N10O25S2/c1-5-43(2)50-34-46(83)37-73-66(92)45-32-51-49-6-7-58(98-4)52(41-107-48-10-13-79(14-11-48)61(89)12-16-99-18-20-101-22-24-103-26-28-105-30-31-106-29-27-104-25-23-102-21-19-100-17-15-80-62(90)8-9-63(80)91)65(49)78-70(51)108(97)42-54(75-60(88)38-74-67(50)93)68(94)76-53(36-59(72)87)71(96)81-39-47(84)35-55(81)69(95)77-64(56(85)33-45)44(3)57(86)40-82/h6-9,43-45,47-48,50,53-55,57,64,78,82,84,86H,5,10-42H2,1-4H3,(H2,72,87)(H,73,92)(H,74,93)(H,75,88)(H,76,94)(H,77,95)/t43-,44-,45+,47+,50-,53-,54-,55-,57-,64-,108?/m0/s1. The van der Waals surface area contributed by atoms with E-state index in [0.717, 1.165) is 9.80 Å². The number of hydrogen-bond acceptors (Lipinski definition) is 26. The van der Waals surface area contributed by atoms with Gasteiger partial charge in [-0.2, -0.15) is 11.8 Å². The largest absolute Gasteiger partial charge is 0.496 e. The molecule has 108 heavy (non-hydrogen) atoms. The molecule has 7 rings (SSSR count). The third kappa shape index (κ3) is 27.0. The second kappa shape index (κ2) is 45.7. The summed E-state index contributed by atoms with van der Waals surface area (Å²) in [7, 11) is -0.966. The van der Waals surface area contributed by atoms with E-state index >= 15 is 9.00 Å². The van der Waals surface area contributed by atoms with Crippen LogP contribution in [0.1, 0.15) is 83.3 Å². The number of aromatic nitrogens is 1. The van der Waals surface area contributed by atoms with E-state index in [-0.39, 0.29) is 72.1 Å². The van der Waals surface area contributed by atoms with Crippen molar-refractivity contribution in [1.82, 2.24) is 46.3 Å². The van der Waals surface area contributed by atoms with Crippen molar-refractivity contribution in [3.05, 3.63) is 35.4 Å². The van der Waals surface area contributed by atoms with Crippen molar-refractivity contribution in [3.8, 4) is 5.75 Å². The van der Waals surface area contributed by atoms with E-state index in [1.165, 1.54) is 26.2 Å². The maximum atomic E-state index is 15.5. The molecular weight excluding hydrogens is 1460 g/mol. The molecule has 0 aliphatic carbocycles. The molecule has 0 saturated carbocycles. The molecule has 5 aliphatic rings. The zero-order valence-electron chi connectivity index (χ0n) is 61.8. The third-order valence-electron chi connectivity index (χ3n) is 19.3. The highest BCUT2D eigenvalue weighted by molar-refractivity contribution is 7.99. The number of amides is 10. The molecule has 10 amide bonds. The van der Waals surface area contributed by atoms with Crippen LogP contribution in [-0.4, -0.2) is 316 Å². The number of ether oxygens (including phenoxy) is 9. The summed E-state index contributed by atoms with van der Waals surface area (Å²) in [5.74, 6) is -13.4. The summed E-state index contributed by atoms with van der Waals surface area (Å²) < 4.78 is 65.7. The summed E-state index contributed by atoms with van der Waals surface area (Å²) >= 11 is 1.58. The number of likely N-dealkylation sites (tertiary alicyclic amines) is 1. The van der Waals surface area contributed by atoms with Gasteiger partial charge in [-0.3, -0.25) is 66.6 Å². The number of imide groups is 1. The molecule has 0 spiro atoms. The zero-order valence-corrected chi connectivity index (χ0v) is 63.4. The normalized spacial score (nSPS) is 23.6. The van der Waals surface area contributed by atoms with Gasteiger partial charge in [0.1, 0.15) is 28.9 Å². The van der Waals surface area contributed by atoms with E-state index in [1.54, 1.807) is 42.6 Å². The fourth-order valence-electron chi connectivity index (χ4n) is 12.9. The SMILES string of the molecule is CC[C@H](C)[C@@H]1CC(=O)CNC(=O)[C@H]2CC(=O)[C@H]([C@@H](C)[C@@H](O)CO)NC(=O)[C@@H]3C[C@@H](O)CN3C(=O)[C@H](CC(N)=O)NC(=O)[C@H](CS(=O)c3[nH]c4c(CSC5CCN(C(=O)CCOCCOCCOCCOCCOCCOCCOCCOCCN6C(=O)C=CC6=O)CC5)c(OC)ccc4c3C2)NC(=O)CNC1=O. The Morgan fingerprint density at radius 2 is 1.29 bits per heavy atom. The molecule has 0 radical (unpaired) electrons. The number of aromatic amines is 1. The Balaban J connectivity index is 0.949. The number of fused-ring (bicyclic) bond motifs is 5. The van der Waals surface area contributed by atoms with Crippen LogP contribution in [-0.2, 0) is 118 Å². The Hall–Kier alpha value is -7.40. The molecule has 6 heterocycles. The summed E-state index contributed by atoms with van der Waals surface area (Å²) in [4.78, 5) is 172. The van der Waals surface area contributed by atoms with Gasteiger partial charge in [0.25, 0.3) is 11.8 Å². The predicted molar refractivity (Wildman–Crippen MR) is 387 cm³/mol. The number of primary amides is 1. The first-order valence-corrected chi connectivity index (χ1v) is 39.0. The van der Waals surface area contributed by atoms with Crippen molar-refractivity contribution < 1.29 is 120 Å². The van der Waals surface area contributed by atoms with Crippen LogP contribution in [0.15, 0.2) is 29.3 Å². The Bertz CT molecular complexity index is 3430. The number of Topliss-reactive ketones (excluding diaryl/α,β-unsaturated/α-hetero) is 2. The van der Waals surface area contributed by atoms with Crippen LogP contribution in [0, 0.1) is 23.7 Å². The predicted octanol–water partition coefficient (Wildman–Crippen LogP) is -2.76. The van der Waals surface area contributed by atoms with Crippen molar-refractivity contribution in [2.24, 2.45) is 29.4 Å². The maximum Gasteiger partial charge on any atom is 0.253 e.